The highest BCUT2D eigenvalue weighted by molar-refractivity contribution is 6.36. The fourth-order valence-corrected chi connectivity index (χ4v) is 2.37. The lowest BCUT2D eigenvalue weighted by Crippen LogP contribution is -2.29. The molecule has 0 unspecified atom stereocenters. The average molecular weight is 286 g/mol. The van der Waals surface area contributed by atoms with E-state index in [0.29, 0.717) is 0 Å². The first-order valence-corrected chi connectivity index (χ1v) is 6.15. The molecule has 6 heteroatoms. The lowest BCUT2D eigenvalue weighted by molar-refractivity contribution is 0.0925. The van der Waals surface area contributed by atoms with Gasteiger partial charge in [-0.3, -0.25) is 9.59 Å². The summed E-state index contributed by atoms with van der Waals surface area (Å²) in [6, 6.07) is 8.28. The van der Waals surface area contributed by atoms with Crippen LogP contribution in [0.15, 0.2) is 36.4 Å². The fraction of sp³-hybridized carbons (Fsp3) is 0.0667. The van der Waals surface area contributed by atoms with Gasteiger partial charge in [-0.25, -0.2) is 9.29 Å². The second-order valence-electron chi connectivity index (χ2n) is 4.53. The first-order valence-electron chi connectivity index (χ1n) is 6.15. The van der Waals surface area contributed by atoms with E-state index in [2.05, 4.69) is 0 Å². The first-order chi connectivity index (χ1) is 10.0. The Bertz CT molecular complexity index is 774. The van der Waals surface area contributed by atoms with Crippen LogP contribution in [0.25, 0.3) is 0 Å². The highest BCUT2D eigenvalue weighted by atomic mass is 19.1. The van der Waals surface area contributed by atoms with Gasteiger partial charge < -0.3 is 10.5 Å². The molecule has 21 heavy (non-hydrogen) atoms. The minimum atomic E-state index is -0.544. The van der Waals surface area contributed by atoms with Gasteiger partial charge >= 0.3 is 0 Å². The number of nitrogen functional groups attached to an aromatic ring is 1. The van der Waals surface area contributed by atoms with Crippen molar-refractivity contribution < 1.29 is 18.7 Å². The summed E-state index contributed by atoms with van der Waals surface area (Å²) in [5.74, 6) is -1.47. The van der Waals surface area contributed by atoms with Gasteiger partial charge in [-0.2, -0.15) is 0 Å². The molecule has 0 radical (unpaired) electrons. The summed E-state index contributed by atoms with van der Waals surface area (Å²) in [7, 11) is 1.34. The topological polar surface area (TPSA) is 72.6 Å². The molecule has 2 amide bonds. The zero-order chi connectivity index (χ0) is 15.1. The van der Waals surface area contributed by atoms with Crippen LogP contribution in [-0.2, 0) is 0 Å². The van der Waals surface area contributed by atoms with Gasteiger partial charge in [0.15, 0.2) is 0 Å². The third-order valence-electron chi connectivity index (χ3n) is 3.33. The van der Waals surface area contributed by atoms with Crippen molar-refractivity contribution in [3.05, 3.63) is 53.3 Å². The van der Waals surface area contributed by atoms with Crippen LogP contribution in [0.4, 0.5) is 15.8 Å². The van der Waals surface area contributed by atoms with Crippen LogP contribution in [0, 0.1) is 5.82 Å². The molecule has 2 aromatic carbocycles. The number of nitrogens with zero attached hydrogens (tertiary/aromatic N) is 1. The zero-order valence-corrected chi connectivity index (χ0v) is 11.1. The van der Waals surface area contributed by atoms with Crippen molar-refractivity contribution >= 4 is 23.2 Å². The van der Waals surface area contributed by atoms with Gasteiger partial charge in [0.1, 0.15) is 11.6 Å². The lowest BCUT2D eigenvalue weighted by Gasteiger charge is -2.17. The highest BCUT2D eigenvalue weighted by Gasteiger charge is 2.39. The van der Waals surface area contributed by atoms with Gasteiger partial charge in [-0.15, -0.1) is 0 Å². The largest absolute Gasteiger partial charge is 0.494 e. The Labute approximate surface area is 119 Å². The number of benzene rings is 2. The molecule has 0 saturated carbocycles. The normalized spacial score (nSPS) is 13.5. The van der Waals surface area contributed by atoms with E-state index in [9.17, 15) is 14.0 Å². The van der Waals surface area contributed by atoms with Crippen LogP contribution < -0.4 is 15.4 Å². The highest BCUT2D eigenvalue weighted by Crippen LogP contribution is 2.36. The first kappa shape index (κ1) is 13.1. The number of amides is 2. The molecule has 2 N–H and O–H groups in total. The second-order valence-corrected chi connectivity index (χ2v) is 4.53. The molecule has 0 fully saturated rings. The Kier molecular flexibility index (Phi) is 2.86. The molecule has 106 valence electrons. The number of nitrogens with two attached hydrogens (primary N) is 1. The van der Waals surface area contributed by atoms with Crippen LogP contribution in [0.1, 0.15) is 20.7 Å². The van der Waals surface area contributed by atoms with Gasteiger partial charge in [0.05, 0.1) is 23.9 Å². The number of hydrogen-bond acceptors (Lipinski definition) is 4. The molecule has 1 aliphatic rings. The molecule has 3 rings (SSSR count). The predicted octanol–water partition coefficient (Wildman–Crippen LogP) is 2.22. The molecular weight excluding hydrogens is 275 g/mol. The zero-order valence-electron chi connectivity index (χ0n) is 11.1. The number of methoxy groups -OCH3 is 1. The molecule has 0 atom stereocenters. The Balaban J connectivity index is 2.17. The predicted molar refractivity (Wildman–Crippen MR) is 74.9 cm³/mol. The molecule has 2 aromatic rings. The molecule has 1 heterocycles. The van der Waals surface area contributed by atoms with Gasteiger partial charge in [0.25, 0.3) is 11.8 Å². The smallest absolute Gasteiger partial charge is 0.268 e. The van der Waals surface area contributed by atoms with Crippen molar-refractivity contribution in [2.24, 2.45) is 0 Å². The SMILES string of the molecule is COc1cc(F)ccc1N1C(=O)c2cccc(N)c2C1=O. The lowest BCUT2D eigenvalue weighted by atomic mass is 10.1. The molecule has 1 aliphatic heterocycles. The van der Waals surface area contributed by atoms with Crippen molar-refractivity contribution in [3.63, 3.8) is 0 Å². The molecule has 0 bridgehead atoms. The van der Waals surface area contributed by atoms with Crippen LogP contribution in [0.3, 0.4) is 0 Å². The summed E-state index contributed by atoms with van der Waals surface area (Å²) in [4.78, 5) is 25.8. The van der Waals surface area contributed by atoms with Crippen LogP contribution >= 0.6 is 0 Å². The average Bonchev–Trinajstić information content (AvgIpc) is 2.72. The summed E-state index contributed by atoms with van der Waals surface area (Å²) < 4.78 is 18.3. The van der Waals surface area contributed by atoms with Crippen LogP contribution in [0.5, 0.6) is 5.75 Å². The maximum absolute atomic E-state index is 13.3. The molecule has 0 aromatic heterocycles. The van der Waals surface area contributed by atoms with Gasteiger partial charge in [0, 0.05) is 11.8 Å². The summed E-state index contributed by atoms with van der Waals surface area (Å²) in [6.07, 6.45) is 0. The molecule has 0 aliphatic carbocycles. The number of halogens is 1. The van der Waals surface area contributed by atoms with Gasteiger partial charge in [0.2, 0.25) is 0 Å². The number of carbonyl (C=O) groups is 2. The number of anilines is 2. The number of imide groups is 1. The Morgan fingerprint density at radius 3 is 2.57 bits per heavy atom. The number of ether oxygens (including phenoxy) is 1. The minimum Gasteiger partial charge on any atom is -0.494 e. The Hall–Kier alpha value is -2.89. The van der Waals surface area contributed by atoms with Crippen LogP contribution in [-0.4, -0.2) is 18.9 Å². The number of hydrogen-bond donors (Lipinski definition) is 1. The standard InChI is InChI=1S/C15H11FN2O3/c1-21-12-7-8(16)5-6-11(12)18-14(19)9-3-2-4-10(17)13(9)15(18)20/h2-7H,17H2,1H3. The summed E-state index contributed by atoms with van der Waals surface area (Å²) in [5.41, 5.74) is 6.57. The summed E-state index contributed by atoms with van der Waals surface area (Å²) in [5, 5.41) is 0. The van der Waals surface area contributed by atoms with Crippen LogP contribution in [0.2, 0.25) is 0 Å². The minimum absolute atomic E-state index is 0.100. The monoisotopic (exact) mass is 286 g/mol. The van der Waals surface area contributed by atoms with E-state index < -0.39 is 17.6 Å². The van der Waals surface area contributed by atoms with E-state index in [4.69, 9.17) is 10.5 Å². The third-order valence-corrected chi connectivity index (χ3v) is 3.33. The van der Waals surface area contributed by atoms with E-state index in [-0.39, 0.29) is 28.3 Å². The van der Waals surface area contributed by atoms with Gasteiger partial charge in [-0.05, 0) is 24.3 Å². The van der Waals surface area contributed by atoms with Crippen molar-refractivity contribution in [1.82, 2.24) is 0 Å². The molecule has 0 spiro atoms. The quantitative estimate of drug-likeness (QED) is 0.678. The van der Waals surface area contributed by atoms with E-state index in [1.165, 1.54) is 19.2 Å². The summed E-state index contributed by atoms with van der Waals surface area (Å²) in [6.45, 7) is 0. The van der Waals surface area contributed by atoms with E-state index >= 15 is 0 Å². The molecule has 5 nitrogen and oxygen atoms in total. The Morgan fingerprint density at radius 2 is 1.90 bits per heavy atom. The number of carbonyl (C=O) groups excluding carboxylic acids is 2. The van der Waals surface area contributed by atoms with Gasteiger partial charge in [-0.1, -0.05) is 6.07 Å². The molecule has 0 saturated heterocycles. The number of fused-ring (bicyclic) bond motifs is 1. The maximum Gasteiger partial charge on any atom is 0.268 e. The van der Waals surface area contributed by atoms with E-state index in [1.807, 2.05) is 0 Å². The Morgan fingerprint density at radius 1 is 1.14 bits per heavy atom. The second kappa shape index (κ2) is 4.59. The maximum atomic E-state index is 13.3. The molecular formula is C15H11FN2O3. The summed E-state index contributed by atoms with van der Waals surface area (Å²) >= 11 is 0. The fourth-order valence-electron chi connectivity index (χ4n) is 2.37. The van der Waals surface area contributed by atoms with Crippen molar-refractivity contribution in [3.8, 4) is 5.75 Å². The van der Waals surface area contributed by atoms with E-state index in [0.717, 1.165) is 17.0 Å². The van der Waals surface area contributed by atoms with E-state index in [1.54, 1.807) is 12.1 Å². The third kappa shape index (κ3) is 1.84. The van der Waals surface area contributed by atoms with Crippen molar-refractivity contribution in [2.45, 2.75) is 0 Å². The number of rotatable bonds is 2. The van der Waals surface area contributed by atoms with Crippen molar-refractivity contribution in [1.29, 1.82) is 0 Å². The van der Waals surface area contributed by atoms with Crippen molar-refractivity contribution in [2.75, 3.05) is 17.7 Å².